The molecule has 0 aromatic heterocycles. The van der Waals surface area contributed by atoms with Gasteiger partial charge in [0, 0.05) is 11.1 Å². The molecule has 4 aliphatic rings. The maximum Gasteiger partial charge on any atom is 0.127 e. The largest absolute Gasteiger partial charge is 0.507 e. The summed E-state index contributed by atoms with van der Waals surface area (Å²) in [6.45, 7) is 4.31. The minimum atomic E-state index is -0.0779. The summed E-state index contributed by atoms with van der Waals surface area (Å²) >= 11 is 0. The number of ether oxygens (including phenoxy) is 1. The van der Waals surface area contributed by atoms with Crippen LogP contribution in [-0.4, -0.2) is 10.7 Å². The van der Waals surface area contributed by atoms with Crippen molar-refractivity contribution in [1.29, 1.82) is 0 Å². The van der Waals surface area contributed by atoms with Crippen LogP contribution in [0, 0.1) is 0 Å². The van der Waals surface area contributed by atoms with Crippen molar-refractivity contribution >= 4 is 6.08 Å². The maximum atomic E-state index is 10.2. The molecule has 0 amide bonds. The standard InChI is InChI=1S/C16H18O2/c1-16(2)4-3-10-8-13(17)12-7-9-5-11(6-9)14(12)15(10)18-16/h7-8,11,17H,3-6H2,1-2H3. The summed E-state index contributed by atoms with van der Waals surface area (Å²) in [4.78, 5) is 0. The molecule has 1 aliphatic heterocycles. The number of phenolic OH excluding ortho intramolecular Hbond substituents is 1. The van der Waals surface area contributed by atoms with E-state index in [0.29, 0.717) is 11.7 Å². The molecule has 0 spiro atoms. The Morgan fingerprint density at radius 3 is 2.89 bits per heavy atom. The van der Waals surface area contributed by atoms with E-state index in [1.165, 1.54) is 16.7 Å². The summed E-state index contributed by atoms with van der Waals surface area (Å²) < 4.78 is 6.23. The van der Waals surface area contributed by atoms with Gasteiger partial charge in [0.1, 0.15) is 17.1 Å². The predicted octanol–water partition coefficient (Wildman–Crippen LogP) is 3.77. The minimum absolute atomic E-state index is 0.0779. The number of fused-ring (bicyclic) bond motifs is 1. The number of phenols is 1. The van der Waals surface area contributed by atoms with Crippen molar-refractivity contribution in [1.82, 2.24) is 0 Å². The summed E-state index contributed by atoms with van der Waals surface area (Å²) in [7, 11) is 0. The molecule has 0 atom stereocenters. The lowest BCUT2D eigenvalue weighted by Crippen LogP contribution is -2.34. The van der Waals surface area contributed by atoms with Crippen LogP contribution in [0.2, 0.25) is 0 Å². The molecule has 1 saturated carbocycles. The second-order valence-corrected chi connectivity index (χ2v) is 6.48. The van der Waals surface area contributed by atoms with Crippen LogP contribution in [0.3, 0.4) is 0 Å². The number of allylic oxidation sites excluding steroid dienone is 1. The fraction of sp³-hybridized carbons (Fsp3) is 0.500. The van der Waals surface area contributed by atoms with E-state index in [0.717, 1.165) is 37.0 Å². The van der Waals surface area contributed by atoms with Crippen LogP contribution in [0.1, 0.15) is 55.7 Å². The van der Waals surface area contributed by atoms with Crippen LogP contribution in [0.5, 0.6) is 11.5 Å². The number of hydrogen-bond donors (Lipinski definition) is 1. The lowest BCUT2D eigenvalue weighted by molar-refractivity contribution is 0.0820. The highest BCUT2D eigenvalue weighted by Crippen LogP contribution is 2.55. The van der Waals surface area contributed by atoms with Gasteiger partial charge in [0.15, 0.2) is 0 Å². The summed E-state index contributed by atoms with van der Waals surface area (Å²) in [6, 6.07) is 1.91. The summed E-state index contributed by atoms with van der Waals surface area (Å²) in [5, 5.41) is 10.2. The summed E-state index contributed by atoms with van der Waals surface area (Å²) in [5.74, 6) is 2.09. The van der Waals surface area contributed by atoms with E-state index < -0.39 is 0 Å². The normalized spacial score (nSPS) is 23.3. The van der Waals surface area contributed by atoms with Crippen molar-refractivity contribution < 1.29 is 9.84 Å². The highest BCUT2D eigenvalue weighted by Gasteiger charge is 2.38. The average Bonchev–Trinajstić information content (AvgIpc) is 2.28. The van der Waals surface area contributed by atoms with Crippen LogP contribution >= 0.6 is 0 Å². The minimum Gasteiger partial charge on any atom is -0.507 e. The van der Waals surface area contributed by atoms with Gasteiger partial charge in [-0.3, -0.25) is 0 Å². The SMILES string of the molecule is CC1(C)CCc2cc(O)c3c(c2O1)C1CC(=C3)C1. The third-order valence-electron chi connectivity index (χ3n) is 4.56. The summed E-state index contributed by atoms with van der Waals surface area (Å²) in [6.07, 6.45) is 6.51. The molecule has 2 nitrogen and oxygen atoms in total. The quantitative estimate of drug-likeness (QED) is 0.750. The van der Waals surface area contributed by atoms with Gasteiger partial charge in [0.05, 0.1) is 0 Å². The molecule has 18 heavy (non-hydrogen) atoms. The van der Waals surface area contributed by atoms with Crippen molar-refractivity contribution in [3.63, 3.8) is 0 Å². The van der Waals surface area contributed by atoms with E-state index in [4.69, 9.17) is 4.74 Å². The zero-order valence-electron chi connectivity index (χ0n) is 10.9. The van der Waals surface area contributed by atoms with E-state index in [1.807, 2.05) is 6.07 Å². The first-order valence-electron chi connectivity index (χ1n) is 6.81. The molecule has 1 aromatic carbocycles. The molecule has 2 bridgehead atoms. The van der Waals surface area contributed by atoms with Gasteiger partial charge in [-0.2, -0.15) is 0 Å². The fourth-order valence-corrected chi connectivity index (χ4v) is 3.47. The van der Waals surface area contributed by atoms with Gasteiger partial charge in [0.25, 0.3) is 0 Å². The van der Waals surface area contributed by atoms with Gasteiger partial charge in [-0.15, -0.1) is 0 Å². The zero-order valence-corrected chi connectivity index (χ0v) is 10.9. The second-order valence-electron chi connectivity index (χ2n) is 6.48. The van der Waals surface area contributed by atoms with E-state index in [9.17, 15) is 5.11 Å². The first kappa shape index (κ1) is 10.5. The Morgan fingerprint density at radius 1 is 1.33 bits per heavy atom. The van der Waals surface area contributed by atoms with Gasteiger partial charge in [-0.25, -0.2) is 0 Å². The van der Waals surface area contributed by atoms with Crippen LogP contribution in [0.25, 0.3) is 6.08 Å². The Labute approximate surface area is 107 Å². The molecular formula is C16H18O2. The predicted molar refractivity (Wildman–Crippen MR) is 71.1 cm³/mol. The van der Waals surface area contributed by atoms with Gasteiger partial charge in [0.2, 0.25) is 0 Å². The number of aromatic hydroxyl groups is 1. The van der Waals surface area contributed by atoms with Crippen molar-refractivity contribution in [3.05, 3.63) is 28.3 Å². The zero-order chi connectivity index (χ0) is 12.5. The van der Waals surface area contributed by atoms with E-state index in [-0.39, 0.29) is 5.60 Å². The first-order chi connectivity index (χ1) is 8.53. The van der Waals surface area contributed by atoms with Crippen molar-refractivity contribution in [3.8, 4) is 11.5 Å². The summed E-state index contributed by atoms with van der Waals surface area (Å²) in [5.41, 5.74) is 4.87. The van der Waals surface area contributed by atoms with Gasteiger partial charge in [-0.1, -0.05) is 11.6 Å². The van der Waals surface area contributed by atoms with Crippen LogP contribution in [0.15, 0.2) is 11.6 Å². The Hall–Kier alpha value is -1.44. The third-order valence-corrected chi connectivity index (χ3v) is 4.56. The molecule has 1 fully saturated rings. The van der Waals surface area contributed by atoms with E-state index in [1.54, 1.807) is 0 Å². The number of hydrogen-bond acceptors (Lipinski definition) is 2. The van der Waals surface area contributed by atoms with Crippen molar-refractivity contribution in [2.45, 2.75) is 51.0 Å². The highest BCUT2D eigenvalue weighted by atomic mass is 16.5. The number of benzene rings is 1. The Balaban J connectivity index is 1.95. The Bertz CT molecular complexity index is 573. The molecule has 2 heteroatoms. The Kier molecular flexibility index (Phi) is 1.81. The van der Waals surface area contributed by atoms with Crippen LogP contribution in [0.4, 0.5) is 0 Å². The molecule has 94 valence electrons. The van der Waals surface area contributed by atoms with E-state index >= 15 is 0 Å². The molecular weight excluding hydrogens is 224 g/mol. The molecule has 0 saturated heterocycles. The molecule has 5 rings (SSSR count). The van der Waals surface area contributed by atoms with Gasteiger partial charge in [-0.05, 0) is 57.1 Å². The van der Waals surface area contributed by atoms with Crippen LogP contribution < -0.4 is 4.74 Å². The lowest BCUT2D eigenvalue weighted by atomic mass is 9.68. The molecule has 0 radical (unpaired) electrons. The smallest absolute Gasteiger partial charge is 0.127 e. The van der Waals surface area contributed by atoms with Crippen molar-refractivity contribution in [2.24, 2.45) is 0 Å². The second kappa shape index (κ2) is 3.11. The molecule has 1 N–H and O–H groups in total. The lowest BCUT2D eigenvalue weighted by Gasteiger charge is -2.41. The molecule has 0 unspecified atom stereocenters. The van der Waals surface area contributed by atoms with E-state index in [2.05, 4.69) is 19.9 Å². The number of rotatable bonds is 0. The topological polar surface area (TPSA) is 29.5 Å². The molecule has 1 heterocycles. The molecule has 1 aromatic rings. The fourth-order valence-electron chi connectivity index (χ4n) is 3.47. The monoisotopic (exact) mass is 242 g/mol. The average molecular weight is 242 g/mol. The third kappa shape index (κ3) is 1.29. The van der Waals surface area contributed by atoms with Gasteiger partial charge < -0.3 is 9.84 Å². The van der Waals surface area contributed by atoms with Gasteiger partial charge >= 0.3 is 0 Å². The van der Waals surface area contributed by atoms with Crippen molar-refractivity contribution in [2.75, 3.05) is 0 Å². The van der Waals surface area contributed by atoms with Crippen LogP contribution in [-0.2, 0) is 6.42 Å². The number of aryl methyl sites for hydroxylation is 1. The highest BCUT2D eigenvalue weighted by molar-refractivity contribution is 5.74. The molecule has 3 aliphatic carbocycles. The maximum absolute atomic E-state index is 10.2. The Morgan fingerprint density at radius 2 is 2.11 bits per heavy atom. The first-order valence-corrected chi connectivity index (χ1v) is 6.81.